The van der Waals surface area contributed by atoms with Crippen LogP contribution in [-0.2, 0) is 6.18 Å². The molecule has 178 valence electrons. The van der Waals surface area contributed by atoms with E-state index in [0.717, 1.165) is 18.7 Å². The van der Waals surface area contributed by atoms with E-state index < -0.39 is 17.8 Å². The molecule has 3 heterocycles. The van der Waals surface area contributed by atoms with Crippen molar-refractivity contribution in [3.8, 4) is 17.0 Å². The lowest BCUT2D eigenvalue weighted by Gasteiger charge is -2.30. The molecule has 0 N–H and O–H groups in total. The van der Waals surface area contributed by atoms with Gasteiger partial charge in [0.1, 0.15) is 6.10 Å². The minimum atomic E-state index is -4.55. The van der Waals surface area contributed by atoms with Crippen LogP contribution in [0.5, 0.6) is 5.88 Å². The Hall–Kier alpha value is -3.20. The molecule has 34 heavy (non-hydrogen) atoms. The Morgan fingerprint density at radius 1 is 1.21 bits per heavy atom. The lowest BCUT2D eigenvalue weighted by Crippen LogP contribution is -2.44. The normalized spacial score (nSPS) is 17.0. The first-order valence-corrected chi connectivity index (χ1v) is 11.1. The fourth-order valence-corrected chi connectivity index (χ4v) is 4.21. The molecular formula is C24H22ClF3N4O2. The third kappa shape index (κ3) is 5.14. The van der Waals surface area contributed by atoms with Gasteiger partial charge >= 0.3 is 6.18 Å². The third-order valence-corrected chi connectivity index (χ3v) is 6.01. The molecule has 0 radical (unpaired) electrons. The van der Waals surface area contributed by atoms with E-state index >= 15 is 0 Å². The van der Waals surface area contributed by atoms with E-state index in [1.165, 1.54) is 6.20 Å². The first-order valence-electron chi connectivity index (χ1n) is 10.7. The summed E-state index contributed by atoms with van der Waals surface area (Å²) in [6.45, 7) is 4.09. The second kappa shape index (κ2) is 9.58. The highest BCUT2D eigenvalue weighted by molar-refractivity contribution is 6.30. The maximum atomic E-state index is 13.4. The van der Waals surface area contributed by atoms with E-state index in [9.17, 15) is 18.0 Å². The van der Waals surface area contributed by atoms with Crippen LogP contribution in [0.3, 0.4) is 0 Å². The molecule has 0 saturated carbocycles. The molecule has 2 unspecified atom stereocenters. The van der Waals surface area contributed by atoms with E-state index in [1.807, 2.05) is 0 Å². The second-order valence-electron chi connectivity index (χ2n) is 8.20. The monoisotopic (exact) mass is 490 g/mol. The number of benzene rings is 1. The quantitative estimate of drug-likeness (QED) is 0.466. The maximum absolute atomic E-state index is 13.4. The highest BCUT2D eigenvalue weighted by Gasteiger charge is 2.36. The number of alkyl halides is 3. The minimum absolute atomic E-state index is 0.0588. The van der Waals surface area contributed by atoms with Gasteiger partial charge in [-0.05, 0) is 56.5 Å². The van der Waals surface area contributed by atoms with Gasteiger partial charge in [-0.3, -0.25) is 4.79 Å². The van der Waals surface area contributed by atoms with Crippen LogP contribution in [0.15, 0.2) is 48.8 Å². The predicted octanol–water partition coefficient (Wildman–Crippen LogP) is 5.59. The van der Waals surface area contributed by atoms with Gasteiger partial charge in [-0.2, -0.15) is 23.4 Å². The summed E-state index contributed by atoms with van der Waals surface area (Å²) in [5.74, 6) is -0.127. The van der Waals surface area contributed by atoms with Crippen LogP contribution < -0.4 is 4.74 Å². The second-order valence-corrected chi connectivity index (χ2v) is 8.63. The SMILES string of the molecule is Cc1cc(C(=O)N2CCCC2C(C)Oc2ncc(C(F)(F)F)cc2-c2ccc(Cl)cc2)cnn1. The summed E-state index contributed by atoms with van der Waals surface area (Å²) in [6, 6.07) is 8.82. The standard InChI is InChI=1S/C24H22ClF3N4O2/c1-14-10-17(12-30-31-14)23(33)32-9-3-4-21(32)15(2)34-22-20(16-5-7-19(25)8-6-16)11-18(13-29-22)24(26,27)28/h5-8,10-13,15,21H,3-4,9H2,1-2H3. The Labute approximate surface area is 199 Å². The number of nitrogens with zero attached hydrogens (tertiary/aromatic N) is 4. The summed E-state index contributed by atoms with van der Waals surface area (Å²) in [6.07, 6.45) is -1.41. The van der Waals surface area contributed by atoms with Crippen LogP contribution in [0.1, 0.15) is 41.4 Å². The van der Waals surface area contributed by atoms with Gasteiger partial charge in [0.05, 0.1) is 29.1 Å². The highest BCUT2D eigenvalue weighted by Crippen LogP contribution is 2.37. The topological polar surface area (TPSA) is 68.2 Å². The van der Waals surface area contributed by atoms with Gasteiger partial charge in [-0.1, -0.05) is 23.7 Å². The first kappa shape index (κ1) is 23.9. The lowest BCUT2D eigenvalue weighted by atomic mass is 10.0. The van der Waals surface area contributed by atoms with Crippen LogP contribution in [0.2, 0.25) is 5.02 Å². The lowest BCUT2D eigenvalue weighted by molar-refractivity contribution is -0.137. The summed E-state index contributed by atoms with van der Waals surface area (Å²) < 4.78 is 46.2. The maximum Gasteiger partial charge on any atom is 0.417 e. The molecule has 1 saturated heterocycles. The molecule has 1 aromatic carbocycles. The van der Waals surface area contributed by atoms with Gasteiger partial charge in [-0.25, -0.2) is 4.98 Å². The number of aryl methyl sites for hydroxylation is 1. The first-order chi connectivity index (χ1) is 16.1. The van der Waals surface area contributed by atoms with Gasteiger partial charge in [0.25, 0.3) is 5.91 Å². The van der Waals surface area contributed by atoms with Crippen molar-refractivity contribution in [2.75, 3.05) is 6.54 Å². The Balaban J connectivity index is 1.62. The van der Waals surface area contributed by atoms with E-state index in [1.54, 1.807) is 49.1 Å². The largest absolute Gasteiger partial charge is 0.472 e. The molecule has 0 bridgehead atoms. The number of halogens is 4. The molecule has 3 aromatic rings. The van der Waals surface area contributed by atoms with Gasteiger partial charge in [0, 0.05) is 23.3 Å². The van der Waals surface area contributed by atoms with Gasteiger partial charge in [0.2, 0.25) is 5.88 Å². The predicted molar refractivity (Wildman–Crippen MR) is 121 cm³/mol. The van der Waals surface area contributed by atoms with Crippen molar-refractivity contribution in [3.63, 3.8) is 0 Å². The molecule has 1 fully saturated rings. The number of hydrogen-bond donors (Lipinski definition) is 0. The van der Waals surface area contributed by atoms with Crippen LogP contribution in [0, 0.1) is 6.92 Å². The average molecular weight is 491 g/mol. The van der Waals surface area contributed by atoms with Crippen LogP contribution >= 0.6 is 11.6 Å². The van der Waals surface area contributed by atoms with Crippen molar-refractivity contribution in [1.82, 2.24) is 20.1 Å². The number of carbonyl (C=O) groups excluding carboxylic acids is 1. The number of rotatable bonds is 5. The summed E-state index contributed by atoms with van der Waals surface area (Å²) >= 11 is 5.95. The zero-order valence-corrected chi connectivity index (χ0v) is 19.3. The van der Waals surface area contributed by atoms with Gasteiger partial charge in [0.15, 0.2) is 0 Å². The number of amides is 1. The number of likely N-dealkylation sites (tertiary alicyclic amines) is 1. The summed E-state index contributed by atoms with van der Waals surface area (Å²) in [5.41, 5.74) is 0.871. The number of ether oxygens (including phenoxy) is 1. The van der Waals surface area contributed by atoms with Crippen molar-refractivity contribution in [3.05, 3.63) is 70.6 Å². The summed E-state index contributed by atoms with van der Waals surface area (Å²) in [4.78, 5) is 18.8. The molecule has 4 rings (SSSR count). The van der Waals surface area contributed by atoms with Crippen LogP contribution in [0.4, 0.5) is 13.2 Å². The van der Waals surface area contributed by atoms with E-state index in [0.29, 0.717) is 34.8 Å². The summed E-state index contributed by atoms with van der Waals surface area (Å²) in [5, 5.41) is 8.20. The zero-order valence-electron chi connectivity index (χ0n) is 18.5. The molecule has 10 heteroatoms. The van der Waals surface area contributed by atoms with Crippen molar-refractivity contribution < 1.29 is 22.7 Å². The number of hydrogen-bond acceptors (Lipinski definition) is 5. The van der Waals surface area contributed by atoms with E-state index in [-0.39, 0.29) is 23.4 Å². The molecule has 1 amide bonds. The molecular weight excluding hydrogens is 469 g/mol. The molecule has 0 spiro atoms. The fourth-order valence-electron chi connectivity index (χ4n) is 4.08. The fraction of sp³-hybridized carbons (Fsp3) is 0.333. The van der Waals surface area contributed by atoms with Crippen LogP contribution in [-0.4, -0.2) is 44.7 Å². The number of pyridine rings is 1. The molecule has 1 aliphatic heterocycles. The van der Waals surface area contributed by atoms with Crippen molar-refractivity contribution in [2.24, 2.45) is 0 Å². The number of aromatic nitrogens is 3. The van der Waals surface area contributed by atoms with Crippen molar-refractivity contribution in [2.45, 2.75) is 45.0 Å². The minimum Gasteiger partial charge on any atom is -0.472 e. The summed E-state index contributed by atoms with van der Waals surface area (Å²) in [7, 11) is 0. The van der Waals surface area contributed by atoms with Gasteiger partial charge < -0.3 is 9.64 Å². The molecule has 1 aliphatic rings. The van der Waals surface area contributed by atoms with Gasteiger partial charge in [-0.15, -0.1) is 0 Å². The highest BCUT2D eigenvalue weighted by atomic mass is 35.5. The molecule has 6 nitrogen and oxygen atoms in total. The Bertz CT molecular complexity index is 1190. The van der Waals surface area contributed by atoms with E-state index in [2.05, 4.69) is 15.2 Å². The average Bonchev–Trinajstić information content (AvgIpc) is 3.29. The third-order valence-electron chi connectivity index (χ3n) is 5.76. The Morgan fingerprint density at radius 3 is 2.62 bits per heavy atom. The molecule has 0 aliphatic carbocycles. The molecule has 2 aromatic heterocycles. The smallest absolute Gasteiger partial charge is 0.417 e. The number of carbonyl (C=O) groups is 1. The Kier molecular flexibility index (Phi) is 6.74. The van der Waals surface area contributed by atoms with Crippen molar-refractivity contribution in [1.29, 1.82) is 0 Å². The van der Waals surface area contributed by atoms with E-state index in [4.69, 9.17) is 16.3 Å². The zero-order chi connectivity index (χ0) is 24.5. The van der Waals surface area contributed by atoms with Crippen LogP contribution in [0.25, 0.3) is 11.1 Å². The molecule has 2 atom stereocenters. The Morgan fingerprint density at radius 2 is 1.94 bits per heavy atom. The van der Waals surface area contributed by atoms with Crippen molar-refractivity contribution >= 4 is 17.5 Å².